The second kappa shape index (κ2) is 9.30. The van der Waals surface area contributed by atoms with Gasteiger partial charge in [0.1, 0.15) is 35.7 Å². The minimum atomic E-state index is -0.695. The molecule has 2 aromatic carbocycles. The van der Waals surface area contributed by atoms with Crippen LogP contribution in [0.4, 0.5) is 14.6 Å². The highest BCUT2D eigenvalue weighted by Crippen LogP contribution is 2.44. The number of aromatic nitrogens is 3. The standard InChI is InChI=1S/C29H24F2N4O3/c1-3-19-22(30)5-4-18-12-17(2)13-20(23(18)19)25-24(31)26-21(14-32-25)27(35-8-10-37-11-9-35)34-28(33-26)38-16-29(15-36)6-7-29/h1,4-5,12-15H,6-11,16H2,2H3. The van der Waals surface area contributed by atoms with Crippen LogP contribution in [-0.4, -0.2) is 54.1 Å². The summed E-state index contributed by atoms with van der Waals surface area (Å²) in [5, 5.41) is 1.50. The summed E-state index contributed by atoms with van der Waals surface area (Å²) in [6.45, 7) is 4.10. The number of carbonyl (C=O) groups excluding carboxylic acids is 1. The number of hydrogen-bond donors (Lipinski definition) is 0. The summed E-state index contributed by atoms with van der Waals surface area (Å²) >= 11 is 0. The monoisotopic (exact) mass is 514 g/mol. The van der Waals surface area contributed by atoms with Gasteiger partial charge in [-0.2, -0.15) is 9.97 Å². The number of rotatable bonds is 6. The Kier molecular flexibility index (Phi) is 5.92. The van der Waals surface area contributed by atoms with Crippen molar-refractivity contribution in [3.63, 3.8) is 0 Å². The Morgan fingerprint density at radius 1 is 1.21 bits per heavy atom. The zero-order valence-corrected chi connectivity index (χ0v) is 20.8. The lowest BCUT2D eigenvalue weighted by Crippen LogP contribution is -2.37. The molecule has 1 saturated heterocycles. The van der Waals surface area contributed by atoms with Crippen molar-refractivity contribution in [3.05, 3.63) is 53.2 Å². The van der Waals surface area contributed by atoms with E-state index in [0.29, 0.717) is 53.8 Å². The molecular formula is C29H24F2N4O3. The summed E-state index contributed by atoms with van der Waals surface area (Å²) in [7, 11) is 0. The van der Waals surface area contributed by atoms with Gasteiger partial charge in [-0.25, -0.2) is 8.78 Å². The van der Waals surface area contributed by atoms with Gasteiger partial charge in [-0.3, -0.25) is 4.98 Å². The molecule has 0 amide bonds. The Morgan fingerprint density at radius 3 is 2.71 bits per heavy atom. The average Bonchev–Trinajstić information content (AvgIpc) is 3.73. The average molecular weight is 515 g/mol. The molecule has 3 heterocycles. The zero-order valence-electron chi connectivity index (χ0n) is 20.8. The quantitative estimate of drug-likeness (QED) is 0.275. The van der Waals surface area contributed by atoms with Crippen LogP contribution in [0.15, 0.2) is 30.5 Å². The Hall–Kier alpha value is -4.16. The van der Waals surface area contributed by atoms with E-state index in [1.165, 1.54) is 12.3 Å². The molecule has 0 radical (unpaired) electrons. The van der Waals surface area contributed by atoms with Crippen LogP contribution in [0.2, 0.25) is 0 Å². The number of carbonyl (C=O) groups is 1. The third-order valence-corrected chi connectivity index (χ3v) is 7.20. The highest BCUT2D eigenvalue weighted by molar-refractivity contribution is 6.02. The first-order chi connectivity index (χ1) is 18.4. The maximum Gasteiger partial charge on any atom is 0.319 e. The summed E-state index contributed by atoms with van der Waals surface area (Å²) in [6, 6.07) is 6.51. The number of morpholine rings is 1. The number of nitrogens with zero attached hydrogens (tertiary/aromatic N) is 4. The fraction of sp³-hybridized carbons (Fsp3) is 0.310. The Balaban J connectivity index is 1.56. The Labute approximate surface area is 217 Å². The van der Waals surface area contributed by atoms with E-state index in [1.54, 1.807) is 12.1 Å². The number of benzene rings is 2. The van der Waals surface area contributed by atoms with Gasteiger partial charge in [0.2, 0.25) is 0 Å². The highest BCUT2D eigenvalue weighted by Gasteiger charge is 2.44. The summed E-state index contributed by atoms with van der Waals surface area (Å²) in [6.07, 6.45) is 9.54. The summed E-state index contributed by atoms with van der Waals surface area (Å²) in [5.41, 5.74) is 0.744. The molecule has 2 aliphatic rings. The minimum Gasteiger partial charge on any atom is -0.462 e. The van der Waals surface area contributed by atoms with Crippen molar-refractivity contribution < 1.29 is 23.0 Å². The molecule has 2 fully saturated rings. The largest absolute Gasteiger partial charge is 0.462 e. The number of terminal acetylenes is 1. The third-order valence-electron chi connectivity index (χ3n) is 7.20. The lowest BCUT2D eigenvalue weighted by molar-refractivity contribution is -0.113. The van der Waals surface area contributed by atoms with Crippen molar-refractivity contribution in [3.8, 4) is 29.6 Å². The maximum absolute atomic E-state index is 16.4. The van der Waals surface area contributed by atoms with E-state index in [4.69, 9.17) is 15.9 Å². The number of ether oxygens (including phenoxy) is 2. The summed E-state index contributed by atoms with van der Waals surface area (Å²) in [4.78, 5) is 26.9. The third kappa shape index (κ3) is 4.11. The van der Waals surface area contributed by atoms with Crippen LogP contribution in [0, 0.1) is 36.3 Å². The van der Waals surface area contributed by atoms with Gasteiger partial charge in [-0.05, 0) is 42.8 Å². The SMILES string of the molecule is C#Cc1c(F)ccc2cc(C)cc(-c3ncc4c(N5CCOCC5)nc(OCC5(C=O)CC5)nc4c3F)c12. The normalized spacial score (nSPS) is 16.4. The molecule has 0 N–H and O–H groups in total. The van der Waals surface area contributed by atoms with Gasteiger partial charge in [0.15, 0.2) is 5.82 Å². The van der Waals surface area contributed by atoms with Gasteiger partial charge < -0.3 is 19.2 Å². The molecule has 1 aliphatic heterocycles. The first-order valence-corrected chi connectivity index (χ1v) is 12.4. The molecule has 7 nitrogen and oxygen atoms in total. The van der Waals surface area contributed by atoms with Gasteiger partial charge in [0.25, 0.3) is 0 Å². The van der Waals surface area contributed by atoms with Crippen LogP contribution in [0.5, 0.6) is 6.01 Å². The van der Waals surface area contributed by atoms with Crippen LogP contribution in [0.3, 0.4) is 0 Å². The number of aryl methyl sites for hydroxylation is 1. The number of aldehydes is 1. The molecule has 192 valence electrons. The van der Waals surface area contributed by atoms with Crippen molar-refractivity contribution in [2.75, 3.05) is 37.8 Å². The van der Waals surface area contributed by atoms with Crippen LogP contribution in [0.1, 0.15) is 24.0 Å². The van der Waals surface area contributed by atoms with Crippen LogP contribution in [-0.2, 0) is 9.53 Å². The number of hydrogen-bond acceptors (Lipinski definition) is 7. The number of pyridine rings is 1. The predicted molar refractivity (Wildman–Crippen MR) is 139 cm³/mol. The molecule has 1 aliphatic carbocycles. The molecule has 38 heavy (non-hydrogen) atoms. The Morgan fingerprint density at radius 2 is 2.00 bits per heavy atom. The van der Waals surface area contributed by atoms with E-state index in [9.17, 15) is 9.18 Å². The molecule has 6 rings (SSSR count). The van der Waals surface area contributed by atoms with Crippen molar-refractivity contribution in [1.82, 2.24) is 15.0 Å². The van der Waals surface area contributed by atoms with Gasteiger partial charge in [0, 0.05) is 30.2 Å². The molecule has 0 spiro atoms. The lowest BCUT2D eigenvalue weighted by atomic mass is 9.94. The first-order valence-electron chi connectivity index (χ1n) is 12.4. The van der Waals surface area contributed by atoms with E-state index in [0.717, 1.165) is 24.7 Å². The summed E-state index contributed by atoms with van der Waals surface area (Å²) < 4.78 is 42.3. The zero-order chi connectivity index (χ0) is 26.4. The second-order valence-corrected chi connectivity index (χ2v) is 9.86. The van der Waals surface area contributed by atoms with E-state index in [2.05, 4.69) is 20.9 Å². The molecular weight excluding hydrogens is 490 g/mol. The molecule has 0 atom stereocenters. The van der Waals surface area contributed by atoms with Crippen LogP contribution < -0.4 is 9.64 Å². The maximum atomic E-state index is 16.4. The van der Waals surface area contributed by atoms with Crippen LogP contribution >= 0.6 is 0 Å². The van der Waals surface area contributed by atoms with E-state index >= 15 is 4.39 Å². The topological polar surface area (TPSA) is 77.4 Å². The summed E-state index contributed by atoms with van der Waals surface area (Å²) in [5.74, 6) is 1.63. The molecule has 0 unspecified atom stereocenters. The number of halogens is 2. The number of fused-ring (bicyclic) bond motifs is 2. The van der Waals surface area contributed by atoms with Crippen molar-refractivity contribution >= 4 is 33.8 Å². The fourth-order valence-electron chi connectivity index (χ4n) is 4.87. The minimum absolute atomic E-state index is 0.00238. The predicted octanol–water partition coefficient (Wildman–Crippen LogP) is 4.61. The number of anilines is 1. The van der Waals surface area contributed by atoms with Gasteiger partial charge in [-0.1, -0.05) is 18.1 Å². The van der Waals surface area contributed by atoms with Gasteiger partial charge in [-0.15, -0.1) is 6.42 Å². The van der Waals surface area contributed by atoms with Crippen molar-refractivity contribution in [1.29, 1.82) is 0 Å². The van der Waals surface area contributed by atoms with Crippen molar-refractivity contribution in [2.24, 2.45) is 5.41 Å². The van der Waals surface area contributed by atoms with E-state index in [1.807, 2.05) is 17.9 Å². The molecule has 2 aromatic heterocycles. The molecule has 4 aromatic rings. The van der Waals surface area contributed by atoms with E-state index < -0.39 is 17.0 Å². The van der Waals surface area contributed by atoms with Gasteiger partial charge in [0.05, 0.1) is 29.6 Å². The fourth-order valence-corrected chi connectivity index (χ4v) is 4.87. The van der Waals surface area contributed by atoms with Crippen molar-refractivity contribution in [2.45, 2.75) is 19.8 Å². The van der Waals surface area contributed by atoms with Gasteiger partial charge >= 0.3 is 6.01 Å². The molecule has 9 heteroatoms. The second-order valence-electron chi connectivity index (χ2n) is 9.86. The molecule has 1 saturated carbocycles. The van der Waals surface area contributed by atoms with Crippen LogP contribution in [0.25, 0.3) is 32.9 Å². The first kappa shape index (κ1) is 24.2. The highest BCUT2D eigenvalue weighted by atomic mass is 19.1. The molecule has 0 bridgehead atoms. The Bertz CT molecular complexity index is 1640. The lowest BCUT2D eigenvalue weighted by Gasteiger charge is -2.29. The smallest absolute Gasteiger partial charge is 0.319 e. The van der Waals surface area contributed by atoms with E-state index in [-0.39, 0.29) is 29.4 Å².